The molecule has 0 spiro atoms. The van der Waals surface area contributed by atoms with Crippen molar-refractivity contribution in [2.45, 2.75) is 51.5 Å². The summed E-state index contributed by atoms with van der Waals surface area (Å²) in [5.41, 5.74) is 1.83. The van der Waals surface area contributed by atoms with Gasteiger partial charge in [-0.1, -0.05) is 13.8 Å². The SMILES string of the molecule is CCCN(CCC)S(=O)(=O)c1ccc(C(=O)OCc2ccc(C3=C([Se]c4ccccc4)CCP(=O)(OCC)O3)cc2)cc1. The fraction of sp³-hybridized carbons (Fsp3) is 0.344. The van der Waals surface area contributed by atoms with Crippen molar-refractivity contribution in [1.82, 2.24) is 4.31 Å². The summed E-state index contributed by atoms with van der Waals surface area (Å²) in [5.74, 6) is 0.0535. The zero-order valence-corrected chi connectivity index (χ0v) is 28.2. The second-order valence-electron chi connectivity index (χ2n) is 9.96. The number of benzene rings is 3. The van der Waals surface area contributed by atoms with Crippen LogP contribution in [0.25, 0.3) is 5.76 Å². The van der Waals surface area contributed by atoms with E-state index in [4.69, 9.17) is 13.8 Å². The van der Waals surface area contributed by atoms with Gasteiger partial charge in [0.15, 0.2) is 0 Å². The Hall–Kier alpha value is -2.71. The van der Waals surface area contributed by atoms with Gasteiger partial charge in [0, 0.05) is 13.1 Å². The van der Waals surface area contributed by atoms with Crippen LogP contribution in [0.3, 0.4) is 0 Å². The zero-order valence-electron chi connectivity index (χ0n) is 24.7. The first kappa shape index (κ1) is 33.2. The van der Waals surface area contributed by atoms with Crippen LogP contribution in [0.15, 0.2) is 88.2 Å². The Bertz CT molecular complexity index is 1550. The first-order valence-electron chi connectivity index (χ1n) is 14.4. The summed E-state index contributed by atoms with van der Waals surface area (Å²) >= 11 is 0.00142. The van der Waals surface area contributed by atoms with Gasteiger partial charge in [0.05, 0.1) is 4.90 Å². The minimum absolute atomic E-state index is 0.00142. The first-order chi connectivity index (χ1) is 20.7. The van der Waals surface area contributed by atoms with Gasteiger partial charge in [-0.05, 0) is 12.8 Å². The van der Waals surface area contributed by atoms with Crippen molar-refractivity contribution in [3.05, 3.63) is 100 Å². The Morgan fingerprint density at radius 3 is 2.19 bits per heavy atom. The Kier molecular flexibility index (Phi) is 11.8. The van der Waals surface area contributed by atoms with Gasteiger partial charge < -0.3 is 0 Å². The molecule has 0 aromatic heterocycles. The van der Waals surface area contributed by atoms with Gasteiger partial charge in [0.2, 0.25) is 10.0 Å². The summed E-state index contributed by atoms with van der Waals surface area (Å²) in [7, 11) is -6.86. The number of allylic oxidation sites excluding steroid dienone is 1. The van der Waals surface area contributed by atoms with E-state index >= 15 is 0 Å². The zero-order chi connectivity index (χ0) is 30.9. The molecule has 8 nitrogen and oxygen atoms in total. The van der Waals surface area contributed by atoms with Crippen LogP contribution in [0.5, 0.6) is 0 Å². The van der Waals surface area contributed by atoms with E-state index in [9.17, 15) is 17.8 Å². The van der Waals surface area contributed by atoms with Crippen molar-refractivity contribution in [2.24, 2.45) is 0 Å². The molecule has 1 aliphatic heterocycles. The molecule has 230 valence electrons. The van der Waals surface area contributed by atoms with Gasteiger partial charge in [0.1, 0.15) is 0 Å². The summed E-state index contributed by atoms with van der Waals surface area (Å²) in [6.07, 6.45) is 2.43. The molecular formula is C32H38NO7PSSe. The van der Waals surface area contributed by atoms with Gasteiger partial charge in [-0.3, -0.25) is 0 Å². The van der Waals surface area contributed by atoms with E-state index in [2.05, 4.69) is 12.1 Å². The number of ether oxygens (including phenoxy) is 1. The van der Waals surface area contributed by atoms with E-state index in [-0.39, 0.29) is 32.0 Å². The molecule has 43 heavy (non-hydrogen) atoms. The number of nitrogens with zero attached hydrogens (tertiary/aromatic N) is 1. The number of hydrogen-bond acceptors (Lipinski definition) is 7. The molecule has 0 aliphatic carbocycles. The fourth-order valence-electron chi connectivity index (χ4n) is 4.56. The fourth-order valence-corrected chi connectivity index (χ4v) is 10.5. The molecule has 0 fully saturated rings. The third-order valence-corrected chi connectivity index (χ3v) is 12.9. The normalized spacial score (nSPS) is 17.1. The maximum atomic E-state index is 13.2. The quantitative estimate of drug-likeness (QED) is 0.113. The van der Waals surface area contributed by atoms with Gasteiger partial charge in [-0.15, -0.1) is 0 Å². The standard InChI is InChI=1S/C32H38NO7PSSe/c1-4-21-33(22-5-2)42(36,37)28-18-16-27(17-19-28)32(34)38-24-25-12-14-26(15-13-25)31-30(43-29-10-8-7-9-11-29)20-23-41(35,40-31)39-6-3/h7-19H,4-6,20-24H2,1-3H3. The van der Waals surface area contributed by atoms with Gasteiger partial charge in [-0.2, -0.15) is 4.31 Å². The van der Waals surface area contributed by atoms with Crippen molar-refractivity contribution in [3.8, 4) is 0 Å². The Morgan fingerprint density at radius 2 is 1.58 bits per heavy atom. The second kappa shape index (κ2) is 15.3. The number of esters is 1. The molecule has 3 aromatic carbocycles. The summed E-state index contributed by atoms with van der Waals surface area (Å²) in [5, 5.41) is 0. The number of carbonyl (C=O) groups is 1. The molecule has 0 saturated heterocycles. The number of rotatable bonds is 14. The average molecular weight is 691 g/mol. The van der Waals surface area contributed by atoms with Gasteiger partial charge in [0.25, 0.3) is 0 Å². The van der Waals surface area contributed by atoms with Crippen LogP contribution >= 0.6 is 7.60 Å². The summed E-state index contributed by atoms with van der Waals surface area (Å²) < 4.78 is 60.1. The average Bonchev–Trinajstić information content (AvgIpc) is 3.01. The van der Waals surface area contributed by atoms with Crippen molar-refractivity contribution in [3.63, 3.8) is 0 Å². The molecule has 1 atom stereocenters. The molecule has 0 N–H and O–H groups in total. The Balaban J connectivity index is 1.44. The van der Waals surface area contributed by atoms with Crippen molar-refractivity contribution in [1.29, 1.82) is 0 Å². The van der Waals surface area contributed by atoms with Crippen molar-refractivity contribution in [2.75, 3.05) is 25.9 Å². The van der Waals surface area contributed by atoms with Crippen LogP contribution in [-0.4, -0.2) is 59.5 Å². The summed E-state index contributed by atoms with van der Waals surface area (Å²) in [6, 6.07) is 23.5. The molecule has 0 saturated carbocycles. The predicted octanol–water partition coefficient (Wildman–Crippen LogP) is 6.20. The summed E-state index contributed by atoms with van der Waals surface area (Å²) in [6.45, 7) is 6.93. The van der Waals surface area contributed by atoms with Crippen LogP contribution in [0.4, 0.5) is 0 Å². The molecule has 1 unspecified atom stereocenters. The molecule has 0 radical (unpaired) electrons. The monoisotopic (exact) mass is 691 g/mol. The van der Waals surface area contributed by atoms with Crippen molar-refractivity contribution >= 4 is 48.8 Å². The van der Waals surface area contributed by atoms with E-state index in [1.54, 1.807) is 6.92 Å². The topological polar surface area (TPSA) is 99.2 Å². The summed E-state index contributed by atoms with van der Waals surface area (Å²) in [4.78, 5) is 12.9. The first-order valence-corrected chi connectivity index (χ1v) is 19.3. The third-order valence-electron chi connectivity index (χ3n) is 6.67. The van der Waals surface area contributed by atoms with Gasteiger partial charge in [-0.25, -0.2) is 8.42 Å². The van der Waals surface area contributed by atoms with Gasteiger partial charge >= 0.3 is 195 Å². The Labute approximate surface area is 261 Å². The van der Waals surface area contributed by atoms with E-state index < -0.39 is 23.6 Å². The van der Waals surface area contributed by atoms with E-state index in [0.29, 0.717) is 38.0 Å². The third kappa shape index (κ3) is 8.69. The molecule has 4 rings (SSSR count). The van der Waals surface area contributed by atoms with E-state index in [1.807, 2.05) is 56.3 Å². The number of sulfonamides is 1. The van der Waals surface area contributed by atoms with Crippen LogP contribution in [-0.2, 0) is 35.0 Å². The molecule has 3 aromatic rings. The van der Waals surface area contributed by atoms with Crippen LogP contribution in [0.1, 0.15) is 61.5 Å². The van der Waals surface area contributed by atoms with Crippen molar-refractivity contribution < 1.29 is 31.6 Å². The molecular weight excluding hydrogens is 652 g/mol. The molecule has 1 aliphatic rings. The number of hydrogen-bond donors (Lipinski definition) is 0. The predicted molar refractivity (Wildman–Crippen MR) is 170 cm³/mol. The molecule has 0 bridgehead atoms. The molecule has 1 heterocycles. The van der Waals surface area contributed by atoms with E-state index in [1.165, 1.54) is 33.0 Å². The van der Waals surface area contributed by atoms with Crippen LogP contribution in [0.2, 0.25) is 0 Å². The minimum atomic E-state index is -3.63. The molecule has 0 amide bonds. The van der Waals surface area contributed by atoms with Crippen LogP contribution in [0, 0.1) is 0 Å². The van der Waals surface area contributed by atoms with E-state index in [0.717, 1.165) is 28.4 Å². The molecule has 11 heteroatoms. The number of carbonyl (C=O) groups excluding carboxylic acids is 1. The second-order valence-corrected chi connectivity index (χ2v) is 16.5. The van der Waals surface area contributed by atoms with Crippen LogP contribution < -0.4 is 4.46 Å². The maximum absolute atomic E-state index is 13.2. The Morgan fingerprint density at radius 1 is 0.930 bits per heavy atom.